The van der Waals surface area contributed by atoms with E-state index in [9.17, 15) is 38.4 Å². The molecule has 360 valence electrons. The third kappa shape index (κ3) is 23.1. The summed E-state index contributed by atoms with van der Waals surface area (Å²) in [5.74, 6) is -3.86. The van der Waals surface area contributed by atoms with Crippen molar-refractivity contribution in [3.63, 3.8) is 0 Å². The van der Waals surface area contributed by atoms with Crippen LogP contribution in [0.3, 0.4) is 0 Å². The minimum Gasteiger partial charge on any atom is -0.507 e. The van der Waals surface area contributed by atoms with E-state index in [2.05, 4.69) is 13.8 Å². The molecule has 2 aromatic carbocycles. The molecule has 0 atom stereocenters. The number of carboxylic acid groups (broad SMARTS) is 2. The van der Waals surface area contributed by atoms with E-state index in [0.717, 1.165) is 63.5 Å². The monoisotopic (exact) mass is 899 g/mol. The Balaban J connectivity index is 1.88. The van der Waals surface area contributed by atoms with Crippen LogP contribution in [0.5, 0.6) is 11.5 Å². The lowest BCUT2D eigenvalue weighted by Gasteiger charge is -2.19. The molecule has 0 bridgehead atoms. The van der Waals surface area contributed by atoms with Gasteiger partial charge in [0.2, 0.25) is 9.84 Å². The number of phenols is 2. The van der Waals surface area contributed by atoms with Gasteiger partial charge in [-0.15, -0.1) is 0 Å². The van der Waals surface area contributed by atoms with E-state index < -0.39 is 43.1 Å². The molecule has 8 nitrogen and oxygen atoms in total. The van der Waals surface area contributed by atoms with Crippen molar-refractivity contribution in [1.82, 2.24) is 0 Å². The molecule has 63 heavy (non-hydrogen) atoms. The van der Waals surface area contributed by atoms with Gasteiger partial charge in [-0.25, -0.2) is 18.0 Å². The zero-order valence-corrected chi connectivity index (χ0v) is 40.8. The molecule has 0 saturated heterocycles. The molecule has 0 unspecified atom stereocenters. The number of carboxylic acids is 2. The minimum atomic E-state index is -4.75. The van der Waals surface area contributed by atoms with Crippen LogP contribution < -0.4 is 0 Å². The number of benzene rings is 2. The molecule has 0 aliphatic heterocycles. The summed E-state index contributed by atoms with van der Waals surface area (Å²) in [7, 11) is -4.75. The highest BCUT2D eigenvalue weighted by Gasteiger charge is 2.34. The Bertz CT molecular complexity index is 1520. The molecular weight excluding hydrogens is 809 g/mol. The summed E-state index contributed by atoms with van der Waals surface area (Å²) in [5, 5.41) is 42.4. The summed E-state index contributed by atoms with van der Waals surface area (Å²) in [6, 6.07) is 4.55. The van der Waals surface area contributed by atoms with Gasteiger partial charge in [-0.3, -0.25) is 0 Å². The van der Waals surface area contributed by atoms with Gasteiger partial charge in [0.15, 0.2) is 0 Å². The van der Waals surface area contributed by atoms with Crippen LogP contribution in [0.4, 0.5) is 0 Å². The maximum absolute atomic E-state index is 14.5. The molecule has 2 rings (SSSR count). The number of carbonyl (C=O) groups is 2. The van der Waals surface area contributed by atoms with Crippen LogP contribution in [-0.2, 0) is 22.7 Å². The normalized spacial score (nSPS) is 11.7. The van der Waals surface area contributed by atoms with Gasteiger partial charge in [-0.05, 0) is 61.1 Å². The number of unbranched alkanes of at least 4 members (excludes halogenated alkanes) is 34. The summed E-state index contributed by atoms with van der Waals surface area (Å²) in [6.07, 6.45) is 43.5. The molecule has 0 heterocycles. The first-order valence-electron chi connectivity index (χ1n) is 26.0. The SMILES string of the molecule is CCCCCCCCCCCCCCCCCCCCc1c(C(=O)O)ccc(O)c1S(=O)(=O)c1c(O)ccc(C(=O)O)c1CCCCCCCCCCCCCCCCCCCC. The first-order valence-corrected chi connectivity index (χ1v) is 27.5. The van der Waals surface area contributed by atoms with Crippen LogP contribution in [0, 0.1) is 0 Å². The Morgan fingerprint density at radius 1 is 0.365 bits per heavy atom. The predicted molar refractivity (Wildman–Crippen MR) is 261 cm³/mol. The zero-order chi connectivity index (χ0) is 46.0. The Kier molecular flexibility index (Phi) is 31.3. The highest BCUT2D eigenvalue weighted by atomic mass is 32.2. The highest BCUT2D eigenvalue weighted by Crippen LogP contribution is 2.41. The fourth-order valence-corrected chi connectivity index (χ4v) is 11.2. The smallest absolute Gasteiger partial charge is 0.336 e. The Morgan fingerprint density at radius 3 is 0.778 bits per heavy atom. The van der Waals surface area contributed by atoms with Crippen molar-refractivity contribution in [2.45, 2.75) is 268 Å². The third-order valence-electron chi connectivity index (χ3n) is 13.0. The molecule has 0 spiro atoms. The van der Waals surface area contributed by atoms with Crippen LogP contribution in [0.25, 0.3) is 0 Å². The number of rotatable bonds is 42. The number of hydrogen-bond acceptors (Lipinski definition) is 6. The van der Waals surface area contributed by atoms with E-state index in [1.54, 1.807) is 0 Å². The van der Waals surface area contributed by atoms with Gasteiger partial charge in [0.1, 0.15) is 21.3 Å². The van der Waals surface area contributed by atoms with Crippen LogP contribution in [0.2, 0.25) is 0 Å². The van der Waals surface area contributed by atoms with Gasteiger partial charge < -0.3 is 20.4 Å². The fraction of sp³-hybridized carbons (Fsp3) is 0.741. The highest BCUT2D eigenvalue weighted by molar-refractivity contribution is 7.91. The van der Waals surface area contributed by atoms with Crippen molar-refractivity contribution in [3.8, 4) is 11.5 Å². The molecule has 0 amide bonds. The number of aromatic hydroxyl groups is 2. The summed E-state index contributed by atoms with van der Waals surface area (Å²) in [6.45, 7) is 4.51. The van der Waals surface area contributed by atoms with E-state index >= 15 is 0 Å². The number of hydrogen-bond donors (Lipinski definition) is 4. The van der Waals surface area contributed by atoms with Gasteiger partial charge in [-0.2, -0.15) is 0 Å². The average molecular weight is 899 g/mol. The van der Waals surface area contributed by atoms with Crippen molar-refractivity contribution in [3.05, 3.63) is 46.5 Å². The predicted octanol–water partition coefficient (Wildman–Crippen LogP) is 16.5. The number of aromatic carboxylic acids is 2. The maximum atomic E-state index is 14.5. The molecule has 9 heteroatoms. The molecular formula is C54H90O8S. The van der Waals surface area contributed by atoms with E-state index in [4.69, 9.17) is 0 Å². The largest absolute Gasteiger partial charge is 0.507 e. The third-order valence-corrected chi connectivity index (χ3v) is 15.0. The molecule has 0 fully saturated rings. The van der Waals surface area contributed by atoms with Gasteiger partial charge in [0, 0.05) is 0 Å². The van der Waals surface area contributed by atoms with Gasteiger partial charge in [0.05, 0.1) is 11.1 Å². The van der Waals surface area contributed by atoms with Crippen molar-refractivity contribution < 1.29 is 38.4 Å². The van der Waals surface area contributed by atoms with Crippen LogP contribution in [0.15, 0.2) is 34.1 Å². The molecule has 0 aromatic heterocycles. The first kappa shape index (κ1) is 56.1. The molecule has 2 aromatic rings. The zero-order valence-electron chi connectivity index (χ0n) is 40.0. The lowest BCUT2D eigenvalue weighted by atomic mass is 9.99. The number of phenolic OH excluding ortho intramolecular Hbond substituents is 2. The molecule has 0 saturated carbocycles. The summed E-state index contributed by atoms with van der Waals surface area (Å²) < 4.78 is 29.1. The summed E-state index contributed by atoms with van der Waals surface area (Å²) in [5.41, 5.74) is -0.481. The summed E-state index contributed by atoms with van der Waals surface area (Å²) in [4.78, 5) is 23.7. The van der Waals surface area contributed by atoms with Gasteiger partial charge in [-0.1, -0.05) is 232 Å². The maximum Gasteiger partial charge on any atom is 0.336 e. The lowest BCUT2D eigenvalue weighted by Crippen LogP contribution is -2.15. The second-order valence-corrected chi connectivity index (χ2v) is 20.3. The van der Waals surface area contributed by atoms with Gasteiger partial charge in [0.25, 0.3) is 0 Å². The molecule has 0 radical (unpaired) electrons. The number of sulfone groups is 1. The fourth-order valence-electron chi connectivity index (χ4n) is 9.24. The van der Waals surface area contributed by atoms with E-state index in [-0.39, 0.29) is 35.1 Å². The van der Waals surface area contributed by atoms with Crippen LogP contribution >= 0.6 is 0 Å². The van der Waals surface area contributed by atoms with E-state index in [0.29, 0.717) is 12.8 Å². The Morgan fingerprint density at radius 2 is 0.571 bits per heavy atom. The minimum absolute atomic E-state index is 0.0155. The van der Waals surface area contributed by atoms with Crippen molar-refractivity contribution >= 4 is 21.8 Å². The Hall–Kier alpha value is -3.07. The topological polar surface area (TPSA) is 149 Å². The lowest BCUT2D eigenvalue weighted by molar-refractivity contribution is 0.0684. The van der Waals surface area contributed by atoms with Crippen molar-refractivity contribution in [2.24, 2.45) is 0 Å². The second kappa shape index (κ2) is 35.2. The van der Waals surface area contributed by atoms with Crippen molar-refractivity contribution in [2.75, 3.05) is 0 Å². The molecule has 4 N–H and O–H groups in total. The standard InChI is InChI=1S/C54H90O8S/c1-3-5-7-9-11-13-15-17-19-21-23-25-27-29-31-33-35-37-39-45-47(53(57)58)41-43-49(55)51(45)63(61,62)52-46(48(54(59)60)42-44-50(52)56)40-38-36-34-32-30-28-26-24-22-20-18-16-14-12-10-8-6-4-2/h41-44,55-56H,3-40H2,1-2H3,(H,57,58)(H,59,60). The molecule has 0 aliphatic carbocycles. The van der Waals surface area contributed by atoms with E-state index in [1.165, 1.54) is 179 Å². The second-order valence-electron chi connectivity index (χ2n) is 18.5. The Labute approximate surface area is 384 Å². The quantitative estimate of drug-likeness (QED) is 0.0481. The summed E-state index contributed by atoms with van der Waals surface area (Å²) >= 11 is 0. The van der Waals surface area contributed by atoms with Gasteiger partial charge >= 0.3 is 11.9 Å². The van der Waals surface area contributed by atoms with E-state index in [1.807, 2.05) is 0 Å². The molecule has 0 aliphatic rings. The first-order chi connectivity index (χ1) is 30.6. The van der Waals surface area contributed by atoms with Crippen molar-refractivity contribution in [1.29, 1.82) is 0 Å². The average Bonchev–Trinajstić information content (AvgIpc) is 3.25. The van der Waals surface area contributed by atoms with Crippen LogP contribution in [0.1, 0.15) is 277 Å². The van der Waals surface area contributed by atoms with Crippen LogP contribution in [-0.4, -0.2) is 40.8 Å².